The molecule has 0 heterocycles. The van der Waals surface area contributed by atoms with Crippen LogP contribution < -0.4 is 14.8 Å². The van der Waals surface area contributed by atoms with Gasteiger partial charge >= 0.3 is 0 Å². The zero-order valence-electron chi connectivity index (χ0n) is 17.8. The van der Waals surface area contributed by atoms with Crippen molar-refractivity contribution in [3.05, 3.63) is 52.5 Å². The number of sulfonamides is 1. The largest absolute Gasteiger partial charge is 0.482 e. The van der Waals surface area contributed by atoms with Gasteiger partial charge in [-0.25, -0.2) is 13.1 Å². The Morgan fingerprint density at radius 2 is 1.73 bits per heavy atom. The van der Waals surface area contributed by atoms with Crippen molar-refractivity contribution < 1.29 is 17.9 Å². The molecule has 0 aliphatic carbocycles. The maximum absolute atomic E-state index is 12.4. The van der Waals surface area contributed by atoms with E-state index in [2.05, 4.69) is 10.0 Å². The number of amides is 1. The SMILES string of the molecule is CCc1cccc(CC)c1NC(=O)COc1ccc(S(=O)(=O)NCC(C)C)cc1Cl. The third-order valence-corrected chi connectivity index (χ3v) is 6.23. The van der Waals surface area contributed by atoms with Gasteiger partial charge in [0.1, 0.15) is 5.75 Å². The van der Waals surface area contributed by atoms with E-state index in [1.807, 2.05) is 45.9 Å². The van der Waals surface area contributed by atoms with Crippen LogP contribution in [0.4, 0.5) is 5.69 Å². The van der Waals surface area contributed by atoms with E-state index in [0.717, 1.165) is 29.7 Å². The van der Waals surface area contributed by atoms with E-state index in [-0.39, 0.29) is 34.1 Å². The van der Waals surface area contributed by atoms with E-state index in [1.165, 1.54) is 18.2 Å². The molecule has 0 spiro atoms. The van der Waals surface area contributed by atoms with Gasteiger partial charge in [-0.2, -0.15) is 0 Å². The Morgan fingerprint density at radius 3 is 2.27 bits per heavy atom. The number of hydrogen-bond donors (Lipinski definition) is 2. The molecule has 0 bridgehead atoms. The van der Waals surface area contributed by atoms with E-state index in [1.54, 1.807) is 0 Å². The van der Waals surface area contributed by atoms with Crippen LogP contribution in [-0.2, 0) is 27.7 Å². The van der Waals surface area contributed by atoms with Gasteiger partial charge < -0.3 is 10.1 Å². The molecule has 30 heavy (non-hydrogen) atoms. The van der Waals surface area contributed by atoms with Gasteiger partial charge in [0.15, 0.2) is 6.61 Å². The maximum Gasteiger partial charge on any atom is 0.262 e. The fourth-order valence-electron chi connectivity index (χ4n) is 2.85. The first-order chi connectivity index (χ1) is 14.2. The molecule has 8 heteroatoms. The molecule has 0 saturated heterocycles. The fourth-order valence-corrected chi connectivity index (χ4v) is 4.39. The number of anilines is 1. The predicted molar refractivity (Wildman–Crippen MR) is 121 cm³/mol. The highest BCUT2D eigenvalue weighted by molar-refractivity contribution is 7.89. The zero-order valence-corrected chi connectivity index (χ0v) is 19.4. The average molecular weight is 453 g/mol. The zero-order chi connectivity index (χ0) is 22.3. The fraction of sp³-hybridized carbons (Fsp3) is 0.409. The Hall–Kier alpha value is -2.09. The minimum Gasteiger partial charge on any atom is -0.482 e. The van der Waals surface area contributed by atoms with Crippen LogP contribution in [0.15, 0.2) is 41.3 Å². The van der Waals surface area contributed by atoms with Crippen LogP contribution in [0.25, 0.3) is 0 Å². The summed E-state index contributed by atoms with van der Waals surface area (Å²) in [6.45, 7) is 7.99. The Bertz CT molecular complexity index is 968. The summed E-state index contributed by atoms with van der Waals surface area (Å²) in [6, 6.07) is 10.1. The van der Waals surface area contributed by atoms with Gasteiger partial charge in [0.25, 0.3) is 5.91 Å². The first-order valence-corrected chi connectivity index (χ1v) is 11.9. The lowest BCUT2D eigenvalue weighted by molar-refractivity contribution is -0.118. The Labute approximate surface area is 184 Å². The molecule has 0 aliphatic heterocycles. The van der Waals surface area contributed by atoms with Crippen molar-refractivity contribution in [2.75, 3.05) is 18.5 Å². The van der Waals surface area contributed by atoms with Crippen LogP contribution in [0.5, 0.6) is 5.75 Å². The summed E-state index contributed by atoms with van der Waals surface area (Å²) >= 11 is 6.19. The van der Waals surface area contributed by atoms with E-state index in [0.29, 0.717) is 6.54 Å². The van der Waals surface area contributed by atoms with E-state index in [9.17, 15) is 13.2 Å². The third-order valence-electron chi connectivity index (χ3n) is 4.52. The Balaban J connectivity index is 2.06. The smallest absolute Gasteiger partial charge is 0.262 e. The summed E-state index contributed by atoms with van der Waals surface area (Å²) in [7, 11) is -3.65. The highest BCUT2D eigenvalue weighted by Gasteiger charge is 2.17. The van der Waals surface area contributed by atoms with Crippen LogP contribution in [-0.4, -0.2) is 27.5 Å². The van der Waals surface area contributed by atoms with Crippen molar-refractivity contribution in [3.8, 4) is 5.75 Å². The molecular formula is C22H29ClN2O4S. The van der Waals surface area contributed by atoms with Crippen molar-refractivity contribution in [2.45, 2.75) is 45.4 Å². The molecule has 2 N–H and O–H groups in total. The average Bonchev–Trinajstić information content (AvgIpc) is 2.71. The van der Waals surface area contributed by atoms with Crippen LogP contribution in [0.3, 0.4) is 0 Å². The van der Waals surface area contributed by atoms with Gasteiger partial charge in [-0.1, -0.05) is 57.5 Å². The predicted octanol–water partition coefficient (Wildman–Crippen LogP) is 4.42. The summed E-state index contributed by atoms with van der Waals surface area (Å²) in [6.07, 6.45) is 1.60. The van der Waals surface area contributed by atoms with Gasteiger partial charge in [0.05, 0.1) is 9.92 Å². The first kappa shape index (κ1) is 24.2. The molecule has 0 fully saturated rings. The number of ether oxygens (including phenoxy) is 1. The quantitative estimate of drug-likeness (QED) is 0.559. The number of rotatable bonds is 10. The molecule has 164 valence electrons. The van der Waals surface area contributed by atoms with E-state index < -0.39 is 10.0 Å². The lowest BCUT2D eigenvalue weighted by Gasteiger charge is -2.15. The monoisotopic (exact) mass is 452 g/mol. The van der Waals surface area contributed by atoms with Crippen molar-refractivity contribution >= 4 is 33.2 Å². The molecule has 1 amide bonds. The van der Waals surface area contributed by atoms with E-state index in [4.69, 9.17) is 16.3 Å². The van der Waals surface area contributed by atoms with Crippen LogP contribution in [0.2, 0.25) is 5.02 Å². The molecule has 0 atom stereocenters. The molecule has 2 aromatic rings. The first-order valence-electron chi connectivity index (χ1n) is 10.0. The normalized spacial score (nSPS) is 11.5. The highest BCUT2D eigenvalue weighted by atomic mass is 35.5. The summed E-state index contributed by atoms with van der Waals surface area (Å²) < 4.78 is 32.7. The van der Waals surface area contributed by atoms with Crippen molar-refractivity contribution in [1.82, 2.24) is 4.72 Å². The summed E-state index contributed by atoms with van der Waals surface area (Å²) in [4.78, 5) is 12.5. The second kappa shape index (κ2) is 10.8. The Kier molecular flexibility index (Phi) is 8.70. The number of halogens is 1. The van der Waals surface area contributed by atoms with Crippen LogP contribution in [0.1, 0.15) is 38.8 Å². The van der Waals surface area contributed by atoms with Crippen LogP contribution in [0, 0.1) is 5.92 Å². The van der Waals surface area contributed by atoms with Gasteiger partial charge in [-0.15, -0.1) is 0 Å². The van der Waals surface area contributed by atoms with Crippen molar-refractivity contribution in [3.63, 3.8) is 0 Å². The molecule has 0 radical (unpaired) electrons. The number of para-hydroxylation sites is 1. The molecule has 6 nitrogen and oxygen atoms in total. The second-order valence-corrected chi connectivity index (χ2v) is 9.51. The lowest BCUT2D eigenvalue weighted by Crippen LogP contribution is -2.27. The molecular weight excluding hydrogens is 424 g/mol. The van der Waals surface area contributed by atoms with Crippen molar-refractivity contribution in [1.29, 1.82) is 0 Å². The standard InChI is InChI=1S/C22H29ClN2O4S/c1-5-16-8-7-9-17(6-2)22(16)25-21(26)14-29-20-11-10-18(12-19(20)23)30(27,28)24-13-15(3)4/h7-12,15,24H,5-6,13-14H2,1-4H3,(H,25,26). The summed E-state index contributed by atoms with van der Waals surface area (Å²) in [5.41, 5.74) is 2.94. The van der Waals surface area contributed by atoms with Gasteiger partial charge in [0.2, 0.25) is 10.0 Å². The number of aryl methyl sites for hydroxylation is 2. The minimum absolute atomic E-state index is 0.0504. The molecule has 0 aliphatic rings. The highest BCUT2D eigenvalue weighted by Crippen LogP contribution is 2.28. The summed E-state index contributed by atoms with van der Waals surface area (Å²) in [5.74, 6) is 0.119. The second-order valence-electron chi connectivity index (χ2n) is 7.33. The molecule has 0 saturated carbocycles. The molecule has 2 rings (SSSR count). The lowest BCUT2D eigenvalue weighted by atomic mass is 10.0. The minimum atomic E-state index is -3.65. The number of benzene rings is 2. The van der Waals surface area contributed by atoms with Gasteiger partial charge in [0, 0.05) is 12.2 Å². The van der Waals surface area contributed by atoms with Gasteiger partial charge in [-0.3, -0.25) is 4.79 Å². The molecule has 0 aromatic heterocycles. The number of carbonyl (C=O) groups is 1. The number of nitrogens with one attached hydrogen (secondary N) is 2. The summed E-state index contributed by atoms with van der Waals surface area (Å²) in [5, 5.41) is 3.04. The topological polar surface area (TPSA) is 84.5 Å². The molecule has 2 aromatic carbocycles. The maximum atomic E-state index is 12.4. The number of carbonyl (C=O) groups excluding carboxylic acids is 1. The number of hydrogen-bond acceptors (Lipinski definition) is 4. The van der Waals surface area contributed by atoms with Gasteiger partial charge in [-0.05, 0) is 48.1 Å². The molecule has 0 unspecified atom stereocenters. The van der Waals surface area contributed by atoms with Crippen molar-refractivity contribution in [2.24, 2.45) is 5.92 Å². The Morgan fingerprint density at radius 1 is 1.10 bits per heavy atom. The van der Waals surface area contributed by atoms with E-state index >= 15 is 0 Å². The van der Waals surface area contributed by atoms with Crippen LogP contribution >= 0.6 is 11.6 Å². The third kappa shape index (κ3) is 6.45.